The molecule has 1 aromatic carbocycles. The highest BCUT2D eigenvalue weighted by molar-refractivity contribution is 9.10. The summed E-state index contributed by atoms with van der Waals surface area (Å²) < 4.78 is 47.4. The Labute approximate surface area is 109 Å². The molecule has 3 nitrogen and oxygen atoms in total. The van der Waals surface area contributed by atoms with E-state index in [1.807, 2.05) is 0 Å². The van der Waals surface area contributed by atoms with Crippen molar-refractivity contribution in [2.24, 2.45) is 0 Å². The molecule has 0 saturated carbocycles. The summed E-state index contributed by atoms with van der Waals surface area (Å²) in [4.78, 5) is 11.4. The number of benzene rings is 1. The van der Waals surface area contributed by atoms with Crippen LogP contribution in [0.1, 0.15) is 22.8 Å². The van der Waals surface area contributed by atoms with Gasteiger partial charge in [-0.3, -0.25) is 0 Å². The Morgan fingerprint density at radius 3 is 2.72 bits per heavy atom. The van der Waals surface area contributed by atoms with Gasteiger partial charge in [-0.1, -0.05) is 15.9 Å². The van der Waals surface area contributed by atoms with E-state index in [2.05, 4.69) is 15.9 Å². The van der Waals surface area contributed by atoms with Gasteiger partial charge in [0.2, 0.25) is 0 Å². The Morgan fingerprint density at radius 1 is 1.44 bits per heavy atom. The molecule has 0 spiro atoms. The van der Waals surface area contributed by atoms with Gasteiger partial charge in [0.25, 0.3) is 0 Å². The number of carbonyl (C=O) groups is 1. The third-order valence-corrected chi connectivity index (χ3v) is 2.93. The van der Waals surface area contributed by atoms with Crippen molar-refractivity contribution >= 4 is 21.9 Å². The number of cyclic esters (lactones) is 1. The van der Waals surface area contributed by atoms with Crippen LogP contribution >= 0.6 is 15.9 Å². The molecule has 7 heteroatoms. The van der Waals surface area contributed by atoms with E-state index in [-0.39, 0.29) is 17.9 Å². The molecule has 18 heavy (non-hydrogen) atoms. The molecule has 0 N–H and O–H groups in total. The van der Waals surface area contributed by atoms with Crippen molar-refractivity contribution in [2.75, 3.05) is 0 Å². The molecule has 1 atom stereocenters. The maximum Gasteiger partial charge on any atom is 0.425 e. The van der Waals surface area contributed by atoms with E-state index in [0.29, 0.717) is 10.0 Å². The maximum atomic E-state index is 12.4. The molecule has 98 valence electrons. The molecule has 2 rings (SSSR count). The topological polar surface area (TPSA) is 35.5 Å². The second-order valence-corrected chi connectivity index (χ2v) is 4.73. The molecule has 1 aliphatic heterocycles. The zero-order valence-electron chi connectivity index (χ0n) is 9.18. The number of ether oxygens (including phenoxy) is 2. The fourth-order valence-electron chi connectivity index (χ4n) is 1.55. The van der Waals surface area contributed by atoms with E-state index in [1.165, 1.54) is 6.07 Å². The van der Waals surface area contributed by atoms with E-state index in [4.69, 9.17) is 9.47 Å². The van der Waals surface area contributed by atoms with Crippen molar-refractivity contribution in [1.29, 1.82) is 0 Å². The number of halogens is 4. The summed E-state index contributed by atoms with van der Waals surface area (Å²) in [5.41, 5.74) is 0.577. The van der Waals surface area contributed by atoms with Crippen molar-refractivity contribution in [3.05, 3.63) is 27.7 Å². The van der Waals surface area contributed by atoms with Gasteiger partial charge < -0.3 is 9.47 Å². The molecular weight excluding hydrogens is 317 g/mol. The number of hydrogen-bond donors (Lipinski definition) is 0. The van der Waals surface area contributed by atoms with Crippen molar-refractivity contribution in [3.63, 3.8) is 0 Å². The van der Waals surface area contributed by atoms with Gasteiger partial charge in [-0.2, -0.15) is 13.2 Å². The summed E-state index contributed by atoms with van der Waals surface area (Å²) >= 11 is 3.15. The van der Waals surface area contributed by atoms with Crippen LogP contribution in [0.3, 0.4) is 0 Å². The van der Waals surface area contributed by atoms with Crippen LogP contribution in [0.5, 0.6) is 5.75 Å². The first-order valence-electron chi connectivity index (χ1n) is 5.02. The maximum absolute atomic E-state index is 12.4. The average molecular weight is 325 g/mol. The lowest BCUT2D eigenvalue weighted by Gasteiger charge is -2.18. The van der Waals surface area contributed by atoms with Crippen molar-refractivity contribution in [3.8, 4) is 5.75 Å². The number of rotatable bonds is 2. The summed E-state index contributed by atoms with van der Waals surface area (Å²) in [5.74, 6) is -0.784. The minimum absolute atomic E-state index is 0.0460. The molecule has 1 heterocycles. The monoisotopic (exact) mass is 324 g/mol. The van der Waals surface area contributed by atoms with E-state index < -0.39 is 18.2 Å². The fourth-order valence-corrected chi connectivity index (χ4v) is 2.03. The van der Waals surface area contributed by atoms with Crippen LogP contribution in [0.15, 0.2) is 16.6 Å². The van der Waals surface area contributed by atoms with Gasteiger partial charge in [-0.05, 0) is 19.1 Å². The first kappa shape index (κ1) is 13.2. The lowest BCUT2D eigenvalue weighted by molar-refractivity contribution is -0.189. The summed E-state index contributed by atoms with van der Waals surface area (Å²) in [6.07, 6.45) is -6.48. The third kappa shape index (κ3) is 2.45. The van der Waals surface area contributed by atoms with Gasteiger partial charge in [0.15, 0.2) is 6.10 Å². The predicted molar refractivity (Wildman–Crippen MR) is 59.4 cm³/mol. The smallest absolute Gasteiger partial charge is 0.425 e. The van der Waals surface area contributed by atoms with Gasteiger partial charge >= 0.3 is 12.1 Å². The molecule has 0 amide bonds. The first-order valence-corrected chi connectivity index (χ1v) is 5.81. The standard InChI is InChI=1S/C11H8BrF3O3/c1-5(11(13,14)15)18-8-3-7(12)2-6-4-17-10(16)9(6)8/h2-3,5H,4H2,1H3/t5-/m0/s1. The molecule has 0 bridgehead atoms. The Hall–Kier alpha value is -1.24. The Kier molecular flexibility index (Phi) is 3.27. The summed E-state index contributed by atoms with van der Waals surface area (Å²) in [7, 11) is 0. The minimum Gasteiger partial charge on any atom is -0.480 e. The molecule has 0 saturated heterocycles. The van der Waals surface area contributed by atoms with Gasteiger partial charge in [0, 0.05) is 10.0 Å². The second kappa shape index (κ2) is 4.46. The third-order valence-electron chi connectivity index (χ3n) is 2.48. The molecule has 1 aliphatic rings. The summed E-state index contributed by atoms with van der Waals surface area (Å²) in [5, 5.41) is 0. The molecule has 1 aromatic rings. The predicted octanol–water partition coefficient (Wildman–Crippen LogP) is 3.45. The molecule has 0 fully saturated rings. The molecule has 0 aliphatic carbocycles. The average Bonchev–Trinajstić information content (AvgIpc) is 2.58. The Balaban J connectivity index is 2.37. The van der Waals surface area contributed by atoms with Crippen LogP contribution in [-0.4, -0.2) is 18.2 Å². The van der Waals surface area contributed by atoms with Gasteiger partial charge in [-0.25, -0.2) is 4.79 Å². The first-order chi connectivity index (χ1) is 8.29. The van der Waals surface area contributed by atoms with Gasteiger partial charge in [0.05, 0.1) is 0 Å². The molecule has 0 unspecified atom stereocenters. The highest BCUT2D eigenvalue weighted by Gasteiger charge is 2.39. The number of carbonyl (C=O) groups excluding carboxylic acids is 1. The van der Waals surface area contributed by atoms with E-state index >= 15 is 0 Å². The molecule has 0 aromatic heterocycles. The van der Waals surface area contributed by atoms with E-state index in [1.54, 1.807) is 6.07 Å². The summed E-state index contributed by atoms with van der Waals surface area (Å²) in [6, 6.07) is 2.94. The van der Waals surface area contributed by atoms with Crippen molar-refractivity contribution in [2.45, 2.75) is 25.8 Å². The highest BCUT2D eigenvalue weighted by atomic mass is 79.9. The van der Waals surface area contributed by atoms with Crippen LogP contribution in [0, 0.1) is 0 Å². The summed E-state index contributed by atoms with van der Waals surface area (Å²) in [6.45, 7) is 0.929. The molecule has 0 radical (unpaired) electrons. The highest BCUT2D eigenvalue weighted by Crippen LogP contribution is 2.35. The quantitative estimate of drug-likeness (QED) is 0.782. The van der Waals surface area contributed by atoms with Gasteiger partial charge in [0.1, 0.15) is 17.9 Å². The number of alkyl halides is 3. The van der Waals surface area contributed by atoms with Crippen LogP contribution in [-0.2, 0) is 11.3 Å². The van der Waals surface area contributed by atoms with Crippen LogP contribution in [0.2, 0.25) is 0 Å². The van der Waals surface area contributed by atoms with Crippen LogP contribution in [0.4, 0.5) is 13.2 Å². The second-order valence-electron chi connectivity index (χ2n) is 3.82. The van der Waals surface area contributed by atoms with Crippen LogP contribution < -0.4 is 4.74 Å². The normalized spacial score (nSPS) is 16.2. The zero-order valence-corrected chi connectivity index (χ0v) is 10.8. The van der Waals surface area contributed by atoms with E-state index in [0.717, 1.165) is 6.92 Å². The molecular formula is C11H8BrF3O3. The lowest BCUT2D eigenvalue weighted by Crippen LogP contribution is -2.31. The number of esters is 1. The minimum atomic E-state index is -4.49. The lowest BCUT2D eigenvalue weighted by atomic mass is 10.1. The van der Waals surface area contributed by atoms with Crippen molar-refractivity contribution < 1.29 is 27.4 Å². The Bertz CT molecular complexity index is 499. The van der Waals surface area contributed by atoms with Crippen LogP contribution in [0.25, 0.3) is 0 Å². The van der Waals surface area contributed by atoms with E-state index in [9.17, 15) is 18.0 Å². The number of fused-ring (bicyclic) bond motifs is 1. The van der Waals surface area contributed by atoms with Crippen molar-refractivity contribution in [1.82, 2.24) is 0 Å². The SMILES string of the molecule is C[C@H](Oc1cc(Br)cc2c1C(=O)OC2)C(F)(F)F. The fraction of sp³-hybridized carbons (Fsp3) is 0.364. The Morgan fingerprint density at radius 2 is 2.11 bits per heavy atom. The van der Waals surface area contributed by atoms with Gasteiger partial charge in [-0.15, -0.1) is 0 Å². The zero-order chi connectivity index (χ0) is 13.5. The number of hydrogen-bond acceptors (Lipinski definition) is 3. The largest absolute Gasteiger partial charge is 0.480 e.